The molecule has 0 atom stereocenters. The summed E-state index contributed by atoms with van der Waals surface area (Å²) in [6.07, 6.45) is 3.68. The minimum absolute atomic E-state index is 0.775. The highest BCUT2D eigenvalue weighted by Gasteiger charge is 2.00. The van der Waals surface area contributed by atoms with Crippen molar-refractivity contribution in [3.8, 4) is 0 Å². The largest absolute Gasteiger partial charge is 0.307 e. The zero-order chi connectivity index (χ0) is 12.9. The van der Waals surface area contributed by atoms with Crippen LogP contribution in [0.25, 0.3) is 10.9 Å². The Hall–Kier alpha value is -2.26. The van der Waals surface area contributed by atoms with Crippen LogP contribution in [0.15, 0.2) is 60.9 Å². The van der Waals surface area contributed by atoms with Crippen molar-refractivity contribution < 1.29 is 0 Å². The molecule has 0 fully saturated rings. The number of fused-ring (bicyclic) bond motifs is 1. The van der Waals surface area contributed by atoms with Gasteiger partial charge in [-0.15, -0.1) is 0 Å². The fourth-order valence-corrected chi connectivity index (χ4v) is 2.14. The van der Waals surface area contributed by atoms with Crippen molar-refractivity contribution in [1.29, 1.82) is 0 Å². The topological polar surface area (TPSA) is 37.8 Å². The first-order chi connectivity index (χ1) is 9.43. The van der Waals surface area contributed by atoms with Crippen LogP contribution in [-0.2, 0) is 13.1 Å². The second-order valence-corrected chi connectivity index (χ2v) is 4.41. The van der Waals surface area contributed by atoms with Crippen molar-refractivity contribution in [2.75, 3.05) is 0 Å². The minimum Gasteiger partial charge on any atom is -0.307 e. The molecule has 0 radical (unpaired) electrons. The average Bonchev–Trinajstić information content (AvgIpc) is 2.49. The summed E-state index contributed by atoms with van der Waals surface area (Å²) in [5.74, 6) is 0. The van der Waals surface area contributed by atoms with Crippen LogP contribution >= 0.6 is 0 Å². The summed E-state index contributed by atoms with van der Waals surface area (Å²) >= 11 is 0. The smallest absolute Gasteiger partial charge is 0.0705 e. The Kier molecular flexibility index (Phi) is 3.47. The first-order valence-corrected chi connectivity index (χ1v) is 6.37. The molecule has 3 nitrogen and oxygen atoms in total. The molecular formula is C16H15N3. The molecule has 1 N–H and O–H groups in total. The molecule has 0 aliphatic heterocycles. The lowest BCUT2D eigenvalue weighted by atomic mass is 10.1. The molecule has 2 aromatic heterocycles. The van der Waals surface area contributed by atoms with Gasteiger partial charge in [0.1, 0.15) is 0 Å². The second-order valence-electron chi connectivity index (χ2n) is 4.41. The van der Waals surface area contributed by atoms with Gasteiger partial charge in [0.05, 0.1) is 11.2 Å². The summed E-state index contributed by atoms with van der Waals surface area (Å²) in [7, 11) is 0. The first-order valence-electron chi connectivity index (χ1n) is 6.37. The maximum atomic E-state index is 4.37. The predicted octanol–water partition coefficient (Wildman–Crippen LogP) is 2.92. The molecule has 3 aromatic rings. The van der Waals surface area contributed by atoms with E-state index in [2.05, 4.69) is 27.4 Å². The summed E-state index contributed by atoms with van der Waals surface area (Å²) in [6, 6.07) is 16.2. The lowest BCUT2D eigenvalue weighted by Crippen LogP contribution is -2.13. The van der Waals surface area contributed by atoms with Crippen molar-refractivity contribution in [3.05, 3.63) is 72.2 Å². The lowest BCUT2D eigenvalue weighted by molar-refractivity contribution is 0.682. The molecule has 3 rings (SSSR count). The zero-order valence-corrected chi connectivity index (χ0v) is 10.6. The molecule has 94 valence electrons. The van der Waals surface area contributed by atoms with Gasteiger partial charge in [0, 0.05) is 30.9 Å². The number of nitrogens with zero attached hydrogens (tertiary/aromatic N) is 2. The fourth-order valence-electron chi connectivity index (χ4n) is 2.14. The molecule has 2 heterocycles. The monoisotopic (exact) mass is 249 g/mol. The number of hydrogen-bond donors (Lipinski definition) is 1. The van der Waals surface area contributed by atoms with Crippen molar-refractivity contribution in [2.24, 2.45) is 0 Å². The Morgan fingerprint density at radius 3 is 2.58 bits per heavy atom. The average molecular weight is 249 g/mol. The molecule has 0 aliphatic rings. The Morgan fingerprint density at radius 2 is 1.68 bits per heavy atom. The van der Waals surface area contributed by atoms with Crippen LogP contribution in [0, 0.1) is 0 Å². The standard InChI is InChI=1S/C16H15N3/c1-2-7-16-15(6-1)13(8-10-19-16)11-17-12-14-5-3-4-9-18-14/h1-10,17H,11-12H2. The number of pyridine rings is 2. The highest BCUT2D eigenvalue weighted by molar-refractivity contribution is 5.81. The summed E-state index contributed by atoms with van der Waals surface area (Å²) < 4.78 is 0. The molecule has 1 aromatic carbocycles. The molecule has 0 saturated heterocycles. The van der Waals surface area contributed by atoms with Crippen LogP contribution < -0.4 is 5.32 Å². The van der Waals surface area contributed by atoms with Gasteiger partial charge in [-0.25, -0.2) is 0 Å². The van der Waals surface area contributed by atoms with E-state index >= 15 is 0 Å². The second kappa shape index (κ2) is 5.59. The fraction of sp³-hybridized carbons (Fsp3) is 0.125. The molecule has 19 heavy (non-hydrogen) atoms. The summed E-state index contributed by atoms with van der Waals surface area (Å²) in [5, 5.41) is 4.63. The van der Waals surface area contributed by atoms with E-state index in [0.29, 0.717) is 0 Å². The van der Waals surface area contributed by atoms with E-state index in [1.807, 2.05) is 48.8 Å². The summed E-state index contributed by atoms with van der Waals surface area (Å²) in [5.41, 5.74) is 3.36. The van der Waals surface area contributed by atoms with Crippen LogP contribution in [0.2, 0.25) is 0 Å². The maximum Gasteiger partial charge on any atom is 0.0705 e. The highest BCUT2D eigenvalue weighted by Crippen LogP contribution is 2.15. The molecule has 0 bridgehead atoms. The van der Waals surface area contributed by atoms with E-state index in [0.717, 1.165) is 24.3 Å². The molecule has 3 heteroatoms. The first kappa shape index (κ1) is 11.8. The van der Waals surface area contributed by atoms with Gasteiger partial charge < -0.3 is 5.32 Å². The number of para-hydroxylation sites is 1. The van der Waals surface area contributed by atoms with Crippen molar-refractivity contribution >= 4 is 10.9 Å². The highest BCUT2D eigenvalue weighted by atomic mass is 14.9. The molecule has 0 amide bonds. The third-order valence-electron chi connectivity index (χ3n) is 3.09. The van der Waals surface area contributed by atoms with Gasteiger partial charge in [-0.05, 0) is 29.8 Å². The van der Waals surface area contributed by atoms with E-state index in [-0.39, 0.29) is 0 Å². The van der Waals surface area contributed by atoms with E-state index < -0.39 is 0 Å². The minimum atomic E-state index is 0.775. The molecule has 0 unspecified atom stereocenters. The quantitative estimate of drug-likeness (QED) is 0.772. The Labute approximate surface area is 112 Å². The SMILES string of the molecule is c1ccc(CNCc2ccnc3ccccc23)nc1. The molecule has 0 saturated carbocycles. The van der Waals surface area contributed by atoms with E-state index in [1.165, 1.54) is 10.9 Å². The maximum absolute atomic E-state index is 4.37. The summed E-state index contributed by atoms with van der Waals surface area (Å²) in [6.45, 7) is 1.59. The van der Waals surface area contributed by atoms with Crippen LogP contribution in [0.1, 0.15) is 11.3 Å². The van der Waals surface area contributed by atoms with Gasteiger partial charge >= 0.3 is 0 Å². The van der Waals surface area contributed by atoms with Gasteiger partial charge in [0.2, 0.25) is 0 Å². The predicted molar refractivity (Wildman–Crippen MR) is 76.5 cm³/mol. The number of aromatic nitrogens is 2. The normalized spacial score (nSPS) is 10.7. The number of hydrogen-bond acceptors (Lipinski definition) is 3. The zero-order valence-electron chi connectivity index (χ0n) is 10.6. The Morgan fingerprint density at radius 1 is 0.789 bits per heavy atom. The van der Waals surface area contributed by atoms with E-state index in [1.54, 1.807) is 0 Å². The van der Waals surface area contributed by atoms with Crippen LogP contribution in [0.5, 0.6) is 0 Å². The molecular weight excluding hydrogens is 234 g/mol. The third-order valence-corrected chi connectivity index (χ3v) is 3.09. The molecule has 0 spiro atoms. The van der Waals surface area contributed by atoms with Crippen LogP contribution in [0.4, 0.5) is 0 Å². The number of benzene rings is 1. The third kappa shape index (κ3) is 2.77. The van der Waals surface area contributed by atoms with Crippen molar-refractivity contribution in [1.82, 2.24) is 15.3 Å². The van der Waals surface area contributed by atoms with Gasteiger partial charge in [0.25, 0.3) is 0 Å². The Bertz CT molecular complexity index is 660. The van der Waals surface area contributed by atoms with Gasteiger partial charge in [-0.2, -0.15) is 0 Å². The van der Waals surface area contributed by atoms with Gasteiger partial charge in [0.15, 0.2) is 0 Å². The van der Waals surface area contributed by atoms with Crippen LogP contribution in [0.3, 0.4) is 0 Å². The van der Waals surface area contributed by atoms with Crippen LogP contribution in [-0.4, -0.2) is 9.97 Å². The Balaban J connectivity index is 1.72. The van der Waals surface area contributed by atoms with Crippen molar-refractivity contribution in [2.45, 2.75) is 13.1 Å². The van der Waals surface area contributed by atoms with Gasteiger partial charge in [-0.3, -0.25) is 9.97 Å². The summed E-state index contributed by atoms with van der Waals surface area (Å²) in [4.78, 5) is 8.67. The van der Waals surface area contributed by atoms with E-state index in [4.69, 9.17) is 0 Å². The van der Waals surface area contributed by atoms with E-state index in [9.17, 15) is 0 Å². The van der Waals surface area contributed by atoms with Crippen molar-refractivity contribution in [3.63, 3.8) is 0 Å². The van der Waals surface area contributed by atoms with Gasteiger partial charge in [-0.1, -0.05) is 24.3 Å². The number of nitrogens with one attached hydrogen (secondary N) is 1. The number of rotatable bonds is 4. The lowest BCUT2D eigenvalue weighted by Gasteiger charge is -2.07. The molecule has 0 aliphatic carbocycles.